The van der Waals surface area contributed by atoms with Crippen molar-refractivity contribution in [2.24, 2.45) is 0 Å². The zero-order valence-corrected chi connectivity index (χ0v) is 13.0. The van der Waals surface area contributed by atoms with Gasteiger partial charge in [0.15, 0.2) is 0 Å². The highest BCUT2D eigenvalue weighted by Gasteiger charge is 2.19. The van der Waals surface area contributed by atoms with Gasteiger partial charge in [-0.3, -0.25) is 4.79 Å². The molecule has 0 radical (unpaired) electrons. The molecule has 6 heteroatoms. The summed E-state index contributed by atoms with van der Waals surface area (Å²) in [6.07, 6.45) is 1.74. The molecule has 1 saturated heterocycles. The van der Waals surface area contributed by atoms with E-state index in [-0.39, 0.29) is 18.6 Å². The highest BCUT2D eigenvalue weighted by Crippen LogP contribution is 2.21. The first-order valence-corrected chi connectivity index (χ1v) is 7.38. The summed E-state index contributed by atoms with van der Waals surface area (Å²) in [6.45, 7) is 7.62. The molecular formula is C15H24N4O2. The van der Waals surface area contributed by atoms with E-state index >= 15 is 0 Å². The first-order valence-electron chi connectivity index (χ1n) is 7.38. The largest absolute Gasteiger partial charge is 0.473 e. The van der Waals surface area contributed by atoms with Crippen LogP contribution in [-0.4, -0.2) is 66.6 Å². The van der Waals surface area contributed by atoms with E-state index in [4.69, 9.17) is 4.74 Å². The van der Waals surface area contributed by atoms with Crippen LogP contribution < -0.4 is 10.1 Å². The SMILES string of the molecule is CC(C)Oc1ncccc1NCC(=O)N1CCN(C)CC1. The number of likely N-dealkylation sites (N-methyl/N-ethyl adjacent to an activating group) is 1. The zero-order valence-electron chi connectivity index (χ0n) is 13.0. The van der Waals surface area contributed by atoms with Gasteiger partial charge in [-0.2, -0.15) is 0 Å². The number of rotatable bonds is 5. The summed E-state index contributed by atoms with van der Waals surface area (Å²) in [7, 11) is 2.07. The van der Waals surface area contributed by atoms with Gasteiger partial charge in [-0.15, -0.1) is 0 Å². The summed E-state index contributed by atoms with van der Waals surface area (Å²) in [5.74, 6) is 0.654. The van der Waals surface area contributed by atoms with Crippen molar-refractivity contribution >= 4 is 11.6 Å². The molecule has 1 fully saturated rings. The van der Waals surface area contributed by atoms with Crippen LogP contribution in [0.3, 0.4) is 0 Å². The van der Waals surface area contributed by atoms with Crippen LogP contribution in [-0.2, 0) is 4.79 Å². The van der Waals surface area contributed by atoms with Gasteiger partial charge in [0.2, 0.25) is 11.8 Å². The number of piperazine rings is 1. The van der Waals surface area contributed by atoms with Crippen molar-refractivity contribution in [1.29, 1.82) is 0 Å². The standard InChI is InChI=1S/C15H24N4O2/c1-12(2)21-15-13(5-4-6-16-15)17-11-14(20)19-9-7-18(3)8-10-19/h4-6,12,17H,7-11H2,1-3H3. The predicted octanol–water partition coefficient (Wildman–Crippen LogP) is 1.05. The van der Waals surface area contributed by atoms with Gasteiger partial charge in [0.25, 0.3) is 0 Å². The van der Waals surface area contributed by atoms with E-state index in [0.29, 0.717) is 5.88 Å². The molecule has 0 unspecified atom stereocenters. The highest BCUT2D eigenvalue weighted by molar-refractivity contribution is 5.81. The first kappa shape index (κ1) is 15.6. The van der Waals surface area contributed by atoms with Crippen molar-refractivity contribution in [3.05, 3.63) is 18.3 Å². The van der Waals surface area contributed by atoms with E-state index in [1.165, 1.54) is 0 Å². The summed E-state index contributed by atoms with van der Waals surface area (Å²) < 4.78 is 5.63. The second kappa shape index (κ2) is 7.26. The van der Waals surface area contributed by atoms with Gasteiger partial charge in [0.1, 0.15) is 0 Å². The van der Waals surface area contributed by atoms with Gasteiger partial charge in [-0.25, -0.2) is 4.98 Å². The first-order chi connectivity index (χ1) is 10.1. The Balaban J connectivity index is 1.89. The van der Waals surface area contributed by atoms with Gasteiger partial charge < -0.3 is 19.9 Å². The van der Waals surface area contributed by atoms with Crippen LogP contribution >= 0.6 is 0 Å². The Labute approximate surface area is 126 Å². The van der Waals surface area contributed by atoms with Crippen LogP contribution in [0.25, 0.3) is 0 Å². The Morgan fingerprint density at radius 1 is 1.38 bits per heavy atom. The lowest BCUT2D eigenvalue weighted by atomic mass is 10.3. The van der Waals surface area contributed by atoms with E-state index in [0.717, 1.165) is 31.9 Å². The molecule has 1 aliphatic rings. The number of carbonyl (C=O) groups is 1. The number of carbonyl (C=O) groups excluding carboxylic acids is 1. The van der Waals surface area contributed by atoms with Gasteiger partial charge in [0, 0.05) is 32.4 Å². The monoisotopic (exact) mass is 292 g/mol. The van der Waals surface area contributed by atoms with Gasteiger partial charge in [0.05, 0.1) is 18.3 Å². The summed E-state index contributed by atoms with van der Waals surface area (Å²) in [5.41, 5.74) is 0.758. The molecule has 21 heavy (non-hydrogen) atoms. The predicted molar refractivity (Wildman–Crippen MR) is 82.6 cm³/mol. The molecule has 0 bridgehead atoms. The van der Waals surface area contributed by atoms with Gasteiger partial charge >= 0.3 is 0 Å². The third-order valence-electron chi connectivity index (χ3n) is 3.40. The number of anilines is 1. The molecule has 1 N–H and O–H groups in total. The van der Waals surface area contributed by atoms with Crippen LogP contribution in [0.2, 0.25) is 0 Å². The number of pyridine rings is 1. The van der Waals surface area contributed by atoms with Crippen LogP contribution in [0.15, 0.2) is 18.3 Å². The molecule has 1 aromatic rings. The molecule has 0 spiro atoms. The minimum Gasteiger partial charge on any atom is -0.473 e. The number of aromatic nitrogens is 1. The second-order valence-electron chi connectivity index (χ2n) is 5.56. The fraction of sp³-hybridized carbons (Fsp3) is 0.600. The fourth-order valence-corrected chi connectivity index (χ4v) is 2.18. The van der Waals surface area contributed by atoms with E-state index in [9.17, 15) is 4.79 Å². The highest BCUT2D eigenvalue weighted by atomic mass is 16.5. The lowest BCUT2D eigenvalue weighted by Gasteiger charge is -2.32. The number of hydrogen-bond acceptors (Lipinski definition) is 5. The summed E-state index contributed by atoms with van der Waals surface area (Å²) in [6, 6.07) is 3.71. The van der Waals surface area contributed by atoms with E-state index in [2.05, 4.69) is 22.2 Å². The lowest BCUT2D eigenvalue weighted by molar-refractivity contribution is -0.130. The molecule has 0 aromatic carbocycles. The van der Waals surface area contributed by atoms with E-state index < -0.39 is 0 Å². The molecular weight excluding hydrogens is 268 g/mol. The minimum absolute atomic E-state index is 0.0498. The van der Waals surface area contributed by atoms with Crippen molar-refractivity contribution in [3.63, 3.8) is 0 Å². The van der Waals surface area contributed by atoms with Gasteiger partial charge in [-0.1, -0.05) is 0 Å². The Morgan fingerprint density at radius 2 is 2.10 bits per heavy atom. The number of ether oxygens (including phenoxy) is 1. The van der Waals surface area contributed by atoms with Crippen molar-refractivity contribution in [2.45, 2.75) is 20.0 Å². The van der Waals surface area contributed by atoms with Crippen molar-refractivity contribution in [3.8, 4) is 5.88 Å². The molecule has 6 nitrogen and oxygen atoms in total. The Kier molecular flexibility index (Phi) is 5.38. The van der Waals surface area contributed by atoms with Crippen molar-refractivity contribution in [1.82, 2.24) is 14.8 Å². The van der Waals surface area contributed by atoms with Crippen LogP contribution in [0.4, 0.5) is 5.69 Å². The molecule has 2 rings (SSSR count). The molecule has 1 aliphatic heterocycles. The maximum atomic E-state index is 12.2. The number of hydrogen-bond donors (Lipinski definition) is 1. The van der Waals surface area contributed by atoms with Gasteiger partial charge in [-0.05, 0) is 33.0 Å². The van der Waals surface area contributed by atoms with E-state index in [1.54, 1.807) is 6.20 Å². The molecule has 0 aliphatic carbocycles. The average Bonchev–Trinajstić information content (AvgIpc) is 2.46. The molecule has 1 amide bonds. The molecule has 0 atom stereocenters. The maximum absolute atomic E-state index is 12.2. The third kappa shape index (κ3) is 4.60. The second-order valence-corrected chi connectivity index (χ2v) is 5.56. The van der Waals surface area contributed by atoms with Crippen LogP contribution in [0.5, 0.6) is 5.88 Å². The summed E-state index contributed by atoms with van der Waals surface area (Å²) in [5, 5.41) is 3.13. The normalized spacial score (nSPS) is 16.1. The lowest BCUT2D eigenvalue weighted by Crippen LogP contribution is -2.48. The number of nitrogens with one attached hydrogen (secondary N) is 1. The van der Waals surface area contributed by atoms with Crippen molar-refractivity contribution in [2.75, 3.05) is 45.1 Å². The average molecular weight is 292 g/mol. The molecule has 1 aromatic heterocycles. The number of nitrogens with zero attached hydrogens (tertiary/aromatic N) is 3. The topological polar surface area (TPSA) is 57.7 Å². The quantitative estimate of drug-likeness (QED) is 0.879. The van der Waals surface area contributed by atoms with Crippen LogP contribution in [0.1, 0.15) is 13.8 Å². The summed E-state index contributed by atoms with van der Waals surface area (Å²) >= 11 is 0. The van der Waals surface area contributed by atoms with Crippen molar-refractivity contribution < 1.29 is 9.53 Å². The Bertz CT molecular complexity index is 470. The Morgan fingerprint density at radius 3 is 2.76 bits per heavy atom. The summed E-state index contributed by atoms with van der Waals surface area (Å²) in [4.78, 5) is 20.5. The van der Waals surface area contributed by atoms with Crippen LogP contribution in [0, 0.1) is 0 Å². The Hall–Kier alpha value is -1.82. The fourth-order valence-electron chi connectivity index (χ4n) is 2.18. The molecule has 116 valence electrons. The number of amides is 1. The zero-order chi connectivity index (χ0) is 15.2. The molecule has 0 saturated carbocycles. The van der Waals surface area contributed by atoms with E-state index in [1.807, 2.05) is 30.9 Å². The maximum Gasteiger partial charge on any atom is 0.241 e. The third-order valence-corrected chi connectivity index (χ3v) is 3.40. The minimum atomic E-state index is 0.0498. The smallest absolute Gasteiger partial charge is 0.241 e. The molecule has 2 heterocycles.